The normalized spacial score (nSPS) is 11.6. The number of unbranched alkanes of at least 4 members (excludes halogenated alkanes) is 18. The zero-order chi connectivity index (χ0) is 19.8. The van der Waals surface area contributed by atoms with Gasteiger partial charge in [-0.25, -0.2) is 0 Å². The molecular formula is C26H55S+. The van der Waals surface area contributed by atoms with E-state index in [1.54, 1.807) is 0 Å². The van der Waals surface area contributed by atoms with Crippen LogP contribution in [-0.4, -0.2) is 17.3 Å². The molecule has 0 rings (SSSR count). The number of hydrogen-bond donors (Lipinski definition) is 0. The number of rotatable bonds is 23. The predicted octanol–water partition coefficient (Wildman–Crippen LogP) is 9.47. The lowest BCUT2D eigenvalue weighted by atomic mass is 10.1. The van der Waals surface area contributed by atoms with Crippen LogP contribution >= 0.6 is 0 Å². The molecule has 0 unspecified atom stereocenters. The topological polar surface area (TPSA) is 0 Å². The van der Waals surface area contributed by atoms with Crippen molar-refractivity contribution in [3.63, 3.8) is 0 Å². The summed E-state index contributed by atoms with van der Waals surface area (Å²) in [4.78, 5) is 0. The lowest BCUT2D eigenvalue weighted by molar-refractivity contribution is 0.561. The van der Waals surface area contributed by atoms with Crippen LogP contribution in [0.2, 0.25) is 0 Å². The quantitative estimate of drug-likeness (QED) is 0.118. The zero-order valence-electron chi connectivity index (χ0n) is 19.7. The van der Waals surface area contributed by atoms with Crippen molar-refractivity contribution in [2.24, 2.45) is 0 Å². The molecule has 0 fully saturated rings. The van der Waals surface area contributed by atoms with Crippen LogP contribution in [-0.2, 0) is 10.9 Å². The maximum Gasteiger partial charge on any atom is 0.108 e. The molecule has 0 aliphatic heterocycles. The fourth-order valence-electron chi connectivity index (χ4n) is 3.98. The molecule has 0 saturated heterocycles. The molecule has 0 aromatic rings. The average Bonchev–Trinajstić information content (AvgIpc) is 2.69. The molecule has 0 bridgehead atoms. The van der Waals surface area contributed by atoms with Crippen LogP contribution in [0.25, 0.3) is 0 Å². The van der Waals surface area contributed by atoms with Crippen LogP contribution in [0.15, 0.2) is 0 Å². The summed E-state index contributed by atoms with van der Waals surface area (Å²) in [7, 11) is 0.743. The first-order valence-electron chi connectivity index (χ1n) is 13.0. The van der Waals surface area contributed by atoms with Gasteiger partial charge >= 0.3 is 0 Å². The monoisotopic (exact) mass is 399 g/mol. The van der Waals surface area contributed by atoms with Crippen LogP contribution in [0.4, 0.5) is 0 Å². The van der Waals surface area contributed by atoms with E-state index in [1.165, 1.54) is 146 Å². The van der Waals surface area contributed by atoms with Crippen molar-refractivity contribution in [3.05, 3.63) is 0 Å². The summed E-state index contributed by atoms with van der Waals surface area (Å²) in [5, 5.41) is 0. The molecule has 0 heterocycles. The lowest BCUT2D eigenvalue weighted by Crippen LogP contribution is -2.14. The summed E-state index contributed by atoms with van der Waals surface area (Å²) in [6.07, 6.45) is 29.4. The van der Waals surface area contributed by atoms with Crippen molar-refractivity contribution in [2.45, 2.75) is 149 Å². The molecule has 0 spiro atoms. The molecule has 0 aromatic heterocycles. The van der Waals surface area contributed by atoms with Gasteiger partial charge in [0.25, 0.3) is 0 Å². The molecule has 0 aliphatic carbocycles. The van der Waals surface area contributed by atoms with E-state index < -0.39 is 0 Å². The lowest BCUT2D eigenvalue weighted by Gasteiger charge is -2.07. The van der Waals surface area contributed by atoms with Crippen molar-refractivity contribution < 1.29 is 0 Å². The van der Waals surface area contributed by atoms with Crippen LogP contribution in [0.5, 0.6) is 0 Å². The van der Waals surface area contributed by atoms with Gasteiger partial charge in [-0.3, -0.25) is 0 Å². The molecule has 0 nitrogen and oxygen atoms in total. The first-order valence-corrected chi connectivity index (χ1v) is 14.7. The molecular weight excluding hydrogens is 344 g/mol. The van der Waals surface area contributed by atoms with Gasteiger partial charge in [0.2, 0.25) is 0 Å². The van der Waals surface area contributed by atoms with E-state index in [1.807, 2.05) is 0 Å². The highest BCUT2D eigenvalue weighted by Gasteiger charge is 2.13. The molecule has 0 atom stereocenters. The molecule has 27 heavy (non-hydrogen) atoms. The first kappa shape index (κ1) is 27.4. The van der Waals surface area contributed by atoms with Crippen molar-refractivity contribution in [1.82, 2.24) is 0 Å². The maximum absolute atomic E-state index is 2.43. The fraction of sp³-hybridized carbons (Fsp3) is 1.00. The highest BCUT2D eigenvalue weighted by atomic mass is 32.2. The van der Waals surface area contributed by atoms with E-state index in [0.717, 1.165) is 10.9 Å². The van der Waals surface area contributed by atoms with Gasteiger partial charge in [0.1, 0.15) is 17.3 Å². The van der Waals surface area contributed by atoms with Crippen molar-refractivity contribution in [2.75, 3.05) is 17.3 Å². The second-order valence-electron chi connectivity index (χ2n) is 8.67. The summed E-state index contributed by atoms with van der Waals surface area (Å²) in [6, 6.07) is 0. The van der Waals surface area contributed by atoms with E-state index in [9.17, 15) is 0 Å². The third-order valence-corrected chi connectivity index (χ3v) is 8.53. The Balaban J connectivity index is 3.28. The number of hydrogen-bond acceptors (Lipinski definition) is 0. The van der Waals surface area contributed by atoms with Crippen LogP contribution < -0.4 is 0 Å². The van der Waals surface area contributed by atoms with Gasteiger partial charge < -0.3 is 0 Å². The minimum atomic E-state index is 0.743. The first-order chi connectivity index (χ1) is 13.3. The predicted molar refractivity (Wildman–Crippen MR) is 131 cm³/mol. The van der Waals surface area contributed by atoms with Crippen molar-refractivity contribution >= 4 is 10.9 Å². The Labute approximate surface area is 177 Å². The highest BCUT2D eigenvalue weighted by Crippen LogP contribution is 2.14. The fourth-order valence-corrected chi connectivity index (χ4v) is 5.98. The van der Waals surface area contributed by atoms with Gasteiger partial charge in [0.05, 0.1) is 0 Å². The van der Waals surface area contributed by atoms with Crippen LogP contribution in [0.3, 0.4) is 0 Å². The third-order valence-electron chi connectivity index (χ3n) is 5.98. The van der Waals surface area contributed by atoms with Gasteiger partial charge in [-0.1, -0.05) is 117 Å². The molecule has 0 N–H and O–H groups in total. The standard InChI is InChI=1S/C26H55S/c1-4-7-9-11-13-15-17-19-21-23-25-27(6-3)26-24-22-20-18-16-14-12-10-8-5-2/h4-26H2,1-3H3/q+1. The summed E-state index contributed by atoms with van der Waals surface area (Å²) in [5.41, 5.74) is 0. The Bertz CT molecular complexity index is 227. The second kappa shape index (κ2) is 24.4. The van der Waals surface area contributed by atoms with Crippen LogP contribution in [0, 0.1) is 0 Å². The zero-order valence-corrected chi connectivity index (χ0v) is 20.5. The minimum absolute atomic E-state index is 0.743. The Morgan fingerprint density at radius 1 is 0.333 bits per heavy atom. The smallest absolute Gasteiger partial charge is 0.0654 e. The van der Waals surface area contributed by atoms with Gasteiger partial charge in [0, 0.05) is 0 Å². The van der Waals surface area contributed by atoms with Gasteiger partial charge in [-0.15, -0.1) is 0 Å². The van der Waals surface area contributed by atoms with Gasteiger partial charge in [-0.2, -0.15) is 0 Å². The Morgan fingerprint density at radius 3 is 0.852 bits per heavy atom. The summed E-state index contributed by atoms with van der Waals surface area (Å²) >= 11 is 0. The molecule has 0 amide bonds. The summed E-state index contributed by atoms with van der Waals surface area (Å²) < 4.78 is 0. The van der Waals surface area contributed by atoms with Crippen molar-refractivity contribution in [3.8, 4) is 0 Å². The summed E-state index contributed by atoms with van der Waals surface area (Å²) in [5.74, 6) is 4.50. The molecule has 0 aromatic carbocycles. The third kappa shape index (κ3) is 22.5. The van der Waals surface area contributed by atoms with E-state index in [2.05, 4.69) is 20.8 Å². The Hall–Kier alpha value is 0.350. The Morgan fingerprint density at radius 2 is 0.593 bits per heavy atom. The molecule has 164 valence electrons. The largest absolute Gasteiger partial charge is 0.108 e. The average molecular weight is 400 g/mol. The van der Waals surface area contributed by atoms with E-state index in [0.29, 0.717) is 0 Å². The molecule has 1 heteroatoms. The maximum atomic E-state index is 2.43. The molecule has 0 aliphatic rings. The Kier molecular flexibility index (Phi) is 24.7. The van der Waals surface area contributed by atoms with Gasteiger partial charge in [-0.05, 0) is 43.5 Å². The van der Waals surface area contributed by atoms with E-state index in [4.69, 9.17) is 0 Å². The second-order valence-corrected chi connectivity index (χ2v) is 11.3. The van der Waals surface area contributed by atoms with Crippen LogP contribution in [0.1, 0.15) is 149 Å². The SMILES string of the molecule is CCCCCCCCCCCC[S+](CC)CCCCCCCCCCCC. The molecule has 0 radical (unpaired) electrons. The minimum Gasteiger partial charge on any atom is -0.0654 e. The van der Waals surface area contributed by atoms with E-state index >= 15 is 0 Å². The molecule has 0 saturated carbocycles. The highest BCUT2D eigenvalue weighted by molar-refractivity contribution is 7.96. The van der Waals surface area contributed by atoms with Crippen molar-refractivity contribution in [1.29, 1.82) is 0 Å². The van der Waals surface area contributed by atoms with E-state index in [-0.39, 0.29) is 0 Å². The summed E-state index contributed by atoms with van der Waals surface area (Å²) in [6.45, 7) is 7.04. The van der Waals surface area contributed by atoms with Gasteiger partial charge in [0.15, 0.2) is 0 Å².